The van der Waals surface area contributed by atoms with Crippen molar-refractivity contribution in [3.8, 4) is 0 Å². The van der Waals surface area contributed by atoms with Crippen molar-refractivity contribution in [3.05, 3.63) is 29.8 Å². The summed E-state index contributed by atoms with van der Waals surface area (Å²) in [6.45, 7) is 5.10. The molecule has 0 spiro atoms. The first kappa shape index (κ1) is 18.7. The van der Waals surface area contributed by atoms with E-state index < -0.39 is 22.3 Å². The normalized spacial score (nSPS) is 18.4. The smallest absolute Gasteiger partial charge is 0.409 e. The lowest BCUT2D eigenvalue weighted by Gasteiger charge is -2.31. The molecule has 1 unspecified atom stereocenters. The molecule has 6 nitrogen and oxygen atoms in total. The van der Waals surface area contributed by atoms with Crippen molar-refractivity contribution in [2.24, 2.45) is 0 Å². The fourth-order valence-electron chi connectivity index (χ4n) is 2.52. The Kier molecular flexibility index (Phi) is 6.62. The van der Waals surface area contributed by atoms with E-state index in [2.05, 4.69) is 0 Å². The molecule has 1 aromatic rings. The molecule has 0 saturated carbocycles. The Balaban J connectivity index is 1.94. The number of unbranched alkanes of at least 4 members (excludes halogenated alkanes) is 1. The molecule has 1 atom stereocenters. The largest absolute Gasteiger partial charge is 0.449 e. The number of hydrogen-bond acceptors (Lipinski definition) is 5. The molecule has 1 fully saturated rings. The van der Waals surface area contributed by atoms with Crippen LogP contribution >= 0.6 is 0 Å². The zero-order valence-corrected chi connectivity index (χ0v) is 15.0. The van der Waals surface area contributed by atoms with Gasteiger partial charge < -0.3 is 9.64 Å². The van der Waals surface area contributed by atoms with Crippen molar-refractivity contribution in [2.75, 3.05) is 19.7 Å². The van der Waals surface area contributed by atoms with E-state index in [0.717, 1.165) is 18.4 Å². The highest BCUT2D eigenvalue weighted by Crippen LogP contribution is 2.21. The van der Waals surface area contributed by atoms with Crippen molar-refractivity contribution in [3.63, 3.8) is 0 Å². The topological polar surface area (TPSA) is 72.9 Å². The van der Waals surface area contributed by atoms with Gasteiger partial charge in [0.1, 0.15) is 0 Å². The third-order valence-electron chi connectivity index (χ3n) is 3.93. The van der Waals surface area contributed by atoms with Gasteiger partial charge in [-0.05, 0) is 38.3 Å². The maximum absolute atomic E-state index is 12.3. The number of rotatable bonds is 6. The van der Waals surface area contributed by atoms with Crippen molar-refractivity contribution < 1.29 is 22.1 Å². The van der Waals surface area contributed by atoms with E-state index in [-0.39, 0.29) is 11.4 Å². The molecule has 1 aromatic carbocycles. The van der Waals surface area contributed by atoms with E-state index >= 15 is 0 Å². The third kappa shape index (κ3) is 5.21. The lowest BCUT2D eigenvalue weighted by Crippen LogP contribution is -2.44. The molecule has 2 rings (SSSR count). The molecule has 0 aliphatic carbocycles. The van der Waals surface area contributed by atoms with Crippen molar-refractivity contribution in [1.82, 2.24) is 4.90 Å². The Labute approximate surface area is 143 Å². The summed E-state index contributed by atoms with van der Waals surface area (Å²) in [5.74, 6) is 0. The van der Waals surface area contributed by atoms with E-state index in [1.54, 1.807) is 12.1 Å². The molecule has 7 heteroatoms. The first-order valence-electron chi connectivity index (χ1n) is 8.34. The van der Waals surface area contributed by atoms with Gasteiger partial charge in [0, 0.05) is 6.54 Å². The number of ether oxygens (including phenoxy) is 1. The second kappa shape index (κ2) is 8.48. The number of likely N-dealkylation sites (tertiary alicyclic amines) is 1. The molecule has 1 amide bonds. The lowest BCUT2D eigenvalue weighted by molar-refractivity contribution is 0.0602. The Morgan fingerprint density at radius 3 is 2.67 bits per heavy atom. The molecule has 0 N–H and O–H groups in total. The maximum atomic E-state index is 12.3. The minimum Gasteiger partial charge on any atom is -0.449 e. The van der Waals surface area contributed by atoms with Crippen LogP contribution in [-0.2, 0) is 19.0 Å². The Hall–Kier alpha value is -1.60. The van der Waals surface area contributed by atoms with Gasteiger partial charge in [-0.1, -0.05) is 31.0 Å². The standard InChI is InChI=1S/C17H25NO5S/c1-3-4-12-22-17(19)18-11-5-6-15(13-18)23-24(20,21)16-9-7-14(2)8-10-16/h7-10,15H,3-6,11-13H2,1-2H3. The number of carbonyl (C=O) groups is 1. The monoisotopic (exact) mass is 355 g/mol. The first-order chi connectivity index (χ1) is 11.4. The zero-order chi connectivity index (χ0) is 17.6. The van der Waals surface area contributed by atoms with Crippen LogP contribution < -0.4 is 0 Å². The number of piperidine rings is 1. The van der Waals surface area contributed by atoms with Crippen LogP contribution in [0.1, 0.15) is 38.2 Å². The van der Waals surface area contributed by atoms with Gasteiger partial charge in [-0.25, -0.2) is 4.79 Å². The first-order valence-corrected chi connectivity index (χ1v) is 9.75. The average molecular weight is 355 g/mol. The number of nitrogens with zero attached hydrogens (tertiary/aromatic N) is 1. The molecular weight excluding hydrogens is 330 g/mol. The van der Waals surface area contributed by atoms with Crippen LogP contribution in [0.15, 0.2) is 29.2 Å². The van der Waals surface area contributed by atoms with Crippen molar-refractivity contribution in [2.45, 2.75) is 50.5 Å². The summed E-state index contributed by atoms with van der Waals surface area (Å²) in [5.41, 5.74) is 0.979. The molecule has 1 heterocycles. The van der Waals surface area contributed by atoms with Crippen LogP contribution in [0.4, 0.5) is 4.79 Å². The summed E-state index contributed by atoms with van der Waals surface area (Å²) in [7, 11) is -3.83. The Morgan fingerprint density at radius 2 is 2.00 bits per heavy atom. The summed E-state index contributed by atoms with van der Waals surface area (Å²) in [4.78, 5) is 13.6. The SMILES string of the molecule is CCCCOC(=O)N1CCCC(OS(=O)(=O)c2ccc(C)cc2)C1. The molecule has 1 saturated heterocycles. The lowest BCUT2D eigenvalue weighted by atomic mass is 10.1. The summed E-state index contributed by atoms with van der Waals surface area (Å²) >= 11 is 0. The fourth-order valence-corrected chi connectivity index (χ4v) is 3.61. The van der Waals surface area contributed by atoms with Crippen LogP contribution in [-0.4, -0.2) is 45.2 Å². The van der Waals surface area contributed by atoms with E-state index in [9.17, 15) is 13.2 Å². The van der Waals surface area contributed by atoms with Crippen LogP contribution in [0, 0.1) is 6.92 Å². The molecule has 0 bridgehead atoms. The fraction of sp³-hybridized carbons (Fsp3) is 0.588. The Bertz CT molecular complexity index is 641. The quantitative estimate of drug-likeness (QED) is 0.579. The van der Waals surface area contributed by atoms with Gasteiger partial charge in [-0.2, -0.15) is 8.42 Å². The number of aryl methyl sites for hydroxylation is 1. The van der Waals surface area contributed by atoms with Gasteiger partial charge in [-0.3, -0.25) is 4.18 Å². The average Bonchev–Trinajstić information content (AvgIpc) is 2.55. The minimum absolute atomic E-state index is 0.135. The molecular formula is C17H25NO5S. The van der Waals surface area contributed by atoms with Crippen LogP contribution in [0.3, 0.4) is 0 Å². The van der Waals surface area contributed by atoms with Gasteiger partial charge in [0.25, 0.3) is 10.1 Å². The van der Waals surface area contributed by atoms with Crippen LogP contribution in [0.5, 0.6) is 0 Å². The number of amides is 1. The molecule has 0 radical (unpaired) electrons. The summed E-state index contributed by atoms with van der Waals surface area (Å²) in [6.07, 6.45) is 2.13. The van der Waals surface area contributed by atoms with Crippen molar-refractivity contribution in [1.29, 1.82) is 0 Å². The number of hydrogen-bond donors (Lipinski definition) is 0. The van der Waals surface area contributed by atoms with Crippen molar-refractivity contribution >= 4 is 16.2 Å². The Morgan fingerprint density at radius 1 is 1.29 bits per heavy atom. The predicted octanol–water partition coefficient (Wildman–Crippen LogP) is 3.10. The molecule has 1 aliphatic rings. The van der Waals surface area contributed by atoms with E-state index in [1.807, 2.05) is 13.8 Å². The second-order valence-electron chi connectivity index (χ2n) is 6.04. The van der Waals surface area contributed by atoms with Crippen LogP contribution in [0.2, 0.25) is 0 Å². The summed E-state index contributed by atoms with van der Waals surface area (Å²) < 4.78 is 35.2. The molecule has 1 aliphatic heterocycles. The van der Waals surface area contributed by atoms with E-state index in [0.29, 0.717) is 26.0 Å². The van der Waals surface area contributed by atoms with Gasteiger partial charge in [0.2, 0.25) is 0 Å². The van der Waals surface area contributed by atoms with E-state index in [4.69, 9.17) is 8.92 Å². The minimum atomic E-state index is -3.83. The van der Waals surface area contributed by atoms with Gasteiger partial charge in [-0.15, -0.1) is 0 Å². The molecule has 24 heavy (non-hydrogen) atoms. The van der Waals surface area contributed by atoms with Gasteiger partial charge in [0.15, 0.2) is 0 Å². The maximum Gasteiger partial charge on any atom is 0.409 e. The predicted molar refractivity (Wildman–Crippen MR) is 90.3 cm³/mol. The highest BCUT2D eigenvalue weighted by molar-refractivity contribution is 7.86. The molecule has 0 aromatic heterocycles. The zero-order valence-electron chi connectivity index (χ0n) is 14.2. The third-order valence-corrected chi connectivity index (χ3v) is 5.31. The van der Waals surface area contributed by atoms with Gasteiger partial charge >= 0.3 is 6.09 Å². The highest BCUT2D eigenvalue weighted by Gasteiger charge is 2.29. The van der Waals surface area contributed by atoms with Gasteiger partial charge in [0.05, 0.1) is 24.2 Å². The molecule has 134 valence electrons. The number of benzene rings is 1. The van der Waals surface area contributed by atoms with E-state index in [1.165, 1.54) is 17.0 Å². The number of carbonyl (C=O) groups excluding carboxylic acids is 1. The van der Waals surface area contributed by atoms with Crippen LogP contribution in [0.25, 0.3) is 0 Å². The second-order valence-corrected chi connectivity index (χ2v) is 7.61. The highest BCUT2D eigenvalue weighted by atomic mass is 32.2. The summed E-state index contributed by atoms with van der Waals surface area (Å²) in [5, 5.41) is 0. The summed E-state index contributed by atoms with van der Waals surface area (Å²) in [6, 6.07) is 6.53.